The predicted molar refractivity (Wildman–Crippen MR) is 48.8 cm³/mol. The highest BCUT2D eigenvalue weighted by molar-refractivity contribution is 5.56. The first kappa shape index (κ1) is 6.97. The molecule has 0 amide bonds. The van der Waals surface area contributed by atoms with Gasteiger partial charge in [0, 0.05) is 11.9 Å². The first-order chi connectivity index (χ1) is 5.68. The lowest BCUT2D eigenvalue weighted by Gasteiger charge is -1.96. The van der Waals surface area contributed by atoms with Crippen LogP contribution in [0.3, 0.4) is 0 Å². The lowest BCUT2D eigenvalue weighted by Crippen LogP contribution is -1.95. The van der Waals surface area contributed by atoms with Crippen LogP contribution in [0, 0.1) is 6.92 Å². The SMILES string of the molecule is Cc1nc2ccc(N)cn2c1N. The zero-order valence-corrected chi connectivity index (χ0v) is 6.78. The Balaban J connectivity index is 2.88. The number of nitrogens with zero attached hydrogens (tertiary/aromatic N) is 2. The van der Waals surface area contributed by atoms with Crippen LogP contribution in [-0.2, 0) is 0 Å². The molecule has 0 saturated carbocycles. The lowest BCUT2D eigenvalue weighted by molar-refractivity contribution is 1.20. The molecular weight excluding hydrogens is 152 g/mol. The van der Waals surface area contributed by atoms with Gasteiger partial charge in [0.2, 0.25) is 0 Å². The molecule has 2 rings (SSSR count). The van der Waals surface area contributed by atoms with Crippen molar-refractivity contribution in [3.63, 3.8) is 0 Å². The van der Waals surface area contributed by atoms with E-state index < -0.39 is 0 Å². The van der Waals surface area contributed by atoms with Crippen LogP contribution in [-0.4, -0.2) is 9.38 Å². The Kier molecular flexibility index (Phi) is 1.24. The number of hydrogen-bond donors (Lipinski definition) is 2. The van der Waals surface area contributed by atoms with Crippen molar-refractivity contribution in [1.82, 2.24) is 9.38 Å². The highest BCUT2D eigenvalue weighted by Crippen LogP contribution is 2.15. The Morgan fingerprint density at radius 1 is 1.33 bits per heavy atom. The van der Waals surface area contributed by atoms with E-state index in [-0.39, 0.29) is 0 Å². The fourth-order valence-electron chi connectivity index (χ4n) is 1.20. The van der Waals surface area contributed by atoms with Crippen LogP contribution in [0.1, 0.15) is 5.69 Å². The molecule has 0 unspecified atom stereocenters. The molecule has 4 heteroatoms. The molecule has 0 radical (unpaired) electrons. The lowest BCUT2D eigenvalue weighted by atomic mass is 10.4. The molecule has 0 saturated heterocycles. The fourth-order valence-corrected chi connectivity index (χ4v) is 1.20. The molecule has 0 bridgehead atoms. The van der Waals surface area contributed by atoms with Crippen LogP contribution in [0.25, 0.3) is 5.65 Å². The third-order valence-corrected chi connectivity index (χ3v) is 1.86. The Hall–Kier alpha value is -1.71. The highest BCUT2D eigenvalue weighted by Gasteiger charge is 2.03. The predicted octanol–water partition coefficient (Wildman–Crippen LogP) is 0.807. The van der Waals surface area contributed by atoms with Crippen molar-refractivity contribution >= 4 is 17.2 Å². The van der Waals surface area contributed by atoms with Crippen LogP contribution in [0.15, 0.2) is 18.3 Å². The maximum absolute atomic E-state index is 5.75. The van der Waals surface area contributed by atoms with Gasteiger partial charge in [-0.2, -0.15) is 0 Å². The van der Waals surface area contributed by atoms with Gasteiger partial charge in [-0.05, 0) is 19.1 Å². The second kappa shape index (κ2) is 2.14. The smallest absolute Gasteiger partial charge is 0.138 e. The van der Waals surface area contributed by atoms with E-state index in [9.17, 15) is 0 Å². The molecule has 0 aromatic carbocycles. The maximum Gasteiger partial charge on any atom is 0.138 e. The second-order valence-electron chi connectivity index (χ2n) is 2.77. The Bertz CT molecular complexity index is 430. The molecule has 2 heterocycles. The zero-order chi connectivity index (χ0) is 8.72. The molecule has 0 atom stereocenters. The largest absolute Gasteiger partial charge is 0.398 e. The number of fused-ring (bicyclic) bond motifs is 1. The quantitative estimate of drug-likeness (QED) is 0.602. The van der Waals surface area contributed by atoms with Crippen LogP contribution < -0.4 is 11.5 Å². The summed E-state index contributed by atoms with van der Waals surface area (Å²) in [5.74, 6) is 0.650. The third-order valence-electron chi connectivity index (χ3n) is 1.86. The number of imidazole rings is 1. The van der Waals surface area contributed by atoms with Crippen molar-refractivity contribution < 1.29 is 0 Å². The maximum atomic E-state index is 5.75. The third kappa shape index (κ3) is 0.812. The van der Waals surface area contributed by atoms with Crippen LogP contribution >= 0.6 is 0 Å². The van der Waals surface area contributed by atoms with E-state index in [0.29, 0.717) is 11.5 Å². The normalized spacial score (nSPS) is 10.8. The molecule has 0 spiro atoms. The van der Waals surface area contributed by atoms with Crippen molar-refractivity contribution in [2.75, 3.05) is 11.5 Å². The first-order valence-electron chi connectivity index (χ1n) is 3.68. The van der Waals surface area contributed by atoms with Crippen LogP contribution in [0.2, 0.25) is 0 Å². The molecule has 4 nitrogen and oxygen atoms in total. The number of aryl methyl sites for hydroxylation is 1. The summed E-state index contributed by atoms with van der Waals surface area (Å²) in [7, 11) is 0. The standard InChI is InChI=1S/C8H10N4/c1-5-8(10)12-4-6(9)2-3-7(12)11-5/h2-4H,9-10H2,1H3. The van der Waals surface area contributed by atoms with Gasteiger partial charge in [-0.15, -0.1) is 0 Å². The summed E-state index contributed by atoms with van der Waals surface area (Å²) >= 11 is 0. The average molecular weight is 162 g/mol. The van der Waals surface area contributed by atoms with E-state index in [2.05, 4.69) is 4.98 Å². The highest BCUT2D eigenvalue weighted by atomic mass is 15.1. The second-order valence-corrected chi connectivity index (χ2v) is 2.77. The summed E-state index contributed by atoms with van der Waals surface area (Å²) in [6.45, 7) is 1.87. The number of anilines is 2. The average Bonchev–Trinajstić information content (AvgIpc) is 2.31. The van der Waals surface area contributed by atoms with Gasteiger partial charge < -0.3 is 11.5 Å². The van der Waals surface area contributed by atoms with Crippen molar-refractivity contribution in [2.24, 2.45) is 0 Å². The van der Waals surface area contributed by atoms with E-state index >= 15 is 0 Å². The zero-order valence-electron chi connectivity index (χ0n) is 6.78. The summed E-state index contributed by atoms with van der Waals surface area (Å²) in [6, 6.07) is 3.65. The van der Waals surface area contributed by atoms with Crippen molar-refractivity contribution in [2.45, 2.75) is 6.92 Å². The molecule has 0 fully saturated rings. The Morgan fingerprint density at radius 3 is 2.83 bits per heavy atom. The number of rotatable bonds is 0. The topological polar surface area (TPSA) is 69.3 Å². The molecule has 62 valence electrons. The minimum absolute atomic E-state index is 0.650. The summed E-state index contributed by atoms with van der Waals surface area (Å²) < 4.78 is 1.78. The van der Waals surface area contributed by atoms with Gasteiger partial charge in [0.15, 0.2) is 0 Å². The Morgan fingerprint density at radius 2 is 2.08 bits per heavy atom. The van der Waals surface area contributed by atoms with Gasteiger partial charge in [-0.25, -0.2) is 4.98 Å². The first-order valence-corrected chi connectivity index (χ1v) is 3.68. The summed E-state index contributed by atoms with van der Waals surface area (Å²) in [5.41, 5.74) is 13.7. The number of pyridine rings is 1. The van der Waals surface area contributed by atoms with E-state index in [0.717, 1.165) is 11.3 Å². The van der Waals surface area contributed by atoms with Gasteiger partial charge in [0.05, 0.1) is 5.69 Å². The van der Waals surface area contributed by atoms with Crippen molar-refractivity contribution in [3.05, 3.63) is 24.0 Å². The molecule has 0 aliphatic rings. The number of hydrogen-bond acceptors (Lipinski definition) is 3. The van der Waals surface area contributed by atoms with Gasteiger partial charge in [-0.3, -0.25) is 4.40 Å². The summed E-state index contributed by atoms with van der Waals surface area (Å²) in [4.78, 5) is 4.24. The van der Waals surface area contributed by atoms with Gasteiger partial charge in [0.1, 0.15) is 11.5 Å². The molecule has 12 heavy (non-hydrogen) atoms. The number of nitrogen functional groups attached to an aromatic ring is 2. The number of nitrogens with two attached hydrogens (primary N) is 2. The summed E-state index contributed by atoms with van der Waals surface area (Å²) in [6.07, 6.45) is 1.77. The fraction of sp³-hybridized carbons (Fsp3) is 0.125. The van der Waals surface area contributed by atoms with Gasteiger partial charge >= 0.3 is 0 Å². The van der Waals surface area contributed by atoms with E-state index in [1.165, 1.54) is 0 Å². The number of aromatic nitrogens is 2. The van der Waals surface area contributed by atoms with E-state index in [1.807, 2.05) is 13.0 Å². The summed E-state index contributed by atoms with van der Waals surface area (Å²) in [5, 5.41) is 0. The van der Waals surface area contributed by atoms with Crippen LogP contribution in [0.5, 0.6) is 0 Å². The monoisotopic (exact) mass is 162 g/mol. The van der Waals surface area contributed by atoms with E-state index in [4.69, 9.17) is 11.5 Å². The van der Waals surface area contributed by atoms with Gasteiger partial charge in [-0.1, -0.05) is 0 Å². The molecule has 0 aliphatic heterocycles. The van der Waals surface area contributed by atoms with Crippen molar-refractivity contribution in [1.29, 1.82) is 0 Å². The van der Waals surface area contributed by atoms with Gasteiger partial charge in [0.25, 0.3) is 0 Å². The Labute approximate surface area is 69.8 Å². The molecule has 2 aromatic heterocycles. The minimum Gasteiger partial charge on any atom is -0.398 e. The van der Waals surface area contributed by atoms with Crippen molar-refractivity contribution in [3.8, 4) is 0 Å². The molecular formula is C8H10N4. The van der Waals surface area contributed by atoms with E-state index in [1.54, 1.807) is 16.7 Å². The molecule has 4 N–H and O–H groups in total. The molecule has 0 aliphatic carbocycles. The van der Waals surface area contributed by atoms with Crippen LogP contribution in [0.4, 0.5) is 11.5 Å². The minimum atomic E-state index is 0.650. The molecule has 2 aromatic rings.